The van der Waals surface area contributed by atoms with Crippen molar-refractivity contribution in [3.63, 3.8) is 0 Å². The molecule has 1 heterocycles. The number of piperazine rings is 1. The van der Waals surface area contributed by atoms with Gasteiger partial charge in [-0.25, -0.2) is 0 Å². The second kappa shape index (κ2) is 13.3. The Labute approximate surface area is 189 Å². The highest BCUT2D eigenvalue weighted by Gasteiger charge is 2.27. The van der Waals surface area contributed by atoms with Gasteiger partial charge < -0.3 is 4.90 Å². The highest BCUT2D eigenvalue weighted by atomic mass is 16.2. The zero-order valence-electron chi connectivity index (χ0n) is 19.3. The summed E-state index contributed by atoms with van der Waals surface area (Å²) in [5.41, 5.74) is 2.65. The molecule has 1 aliphatic rings. The van der Waals surface area contributed by atoms with E-state index < -0.39 is 0 Å². The van der Waals surface area contributed by atoms with E-state index in [-0.39, 0.29) is 6.04 Å². The van der Waals surface area contributed by atoms with Crippen molar-refractivity contribution >= 4 is 5.91 Å². The van der Waals surface area contributed by atoms with Crippen molar-refractivity contribution in [2.45, 2.75) is 70.8 Å². The van der Waals surface area contributed by atoms with Gasteiger partial charge in [-0.3, -0.25) is 9.69 Å². The Morgan fingerprint density at radius 2 is 1.19 bits per heavy atom. The van der Waals surface area contributed by atoms with E-state index >= 15 is 0 Å². The first kappa shape index (κ1) is 23.5. The van der Waals surface area contributed by atoms with Gasteiger partial charge in [-0.05, 0) is 17.5 Å². The first-order chi connectivity index (χ1) is 15.3. The fraction of sp³-hybridized carbons (Fsp3) is 0.536. The Bertz CT molecular complexity index is 699. The molecule has 0 bridgehead atoms. The van der Waals surface area contributed by atoms with E-state index in [0.717, 1.165) is 39.0 Å². The summed E-state index contributed by atoms with van der Waals surface area (Å²) in [6, 6.07) is 21.8. The van der Waals surface area contributed by atoms with Gasteiger partial charge in [0.05, 0.1) is 6.04 Å². The summed E-state index contributed by atoms with van der Waals surface area (Å²) in [4.78, 5) is 17.3. The van der Waals surface area contributed by atoms with Gasteiger partial charge in [0.15, 0.2) is 0 Å². The fourth-order valence-corrected chi connectivity index (χ4v) is 4.68. The van der Waals surface area contributed by atoms with Gasteiger partial charge in [0.25, 0.3) is 0 Å². The topological polar surface area (TPSA) is 23.6 Å². The van der Waals surface area contributed by atoms with Gasteiger partial charge in [-0.1, -0.05) is 113 Å². The van der Waals surface area contributed by atoms with Crippen LogP contribution in [0.3, 0.4) is 0 Å². The Kier molecular flexibility index (Phi) is 10.1. The molecule has 1 amide bonds. The molecule has 0 N–H and O–H groups in total. The number of hydrogen-bond donors (Lipinski definition) is 0. The summed E-state index contributed by atoms with van der Waals surface area (Å²) in [5, 5.41) is 0. The minimum absolute atomic E-state index is 0.257. The van der Waals surface area contributed by atoms with E-state index in [1.54, 1.807) is 0 Å². The molecule has 3 heteroatoms. The fourth-order valence-electron chi connectivity index (χ4n) is 4.68. The quantitative estimate of drug-likeness (QED) is 0.368. The molecule has 168 valence electrons. The molecule has 0 aromatic heterocycles. The molecule has 0 aliphatic carbocycles. The van der Waals surface area contributed by atoms with Gasteiger partial charge in [-0.2, -0.15) is 0 Å². The molecule has 2 aromatic carbocycles. The number of rotatable bonds is 12. The molecule has 2 aromatic rings. The number of nitrogens with zero attached hydrogens (tertiary/aromatic N) is 2. The van der Waals surface area contributed by atoms with Crippen LogP contribution >= 0.6 is 0 Å². The van der Waals surface area contributed by atoms with Crippen LogP contribution in [0.1, 0.15) is 81.9 Å². The van der Waals surface area contributed by atoms with E-state index in [2.05, 4.69) is 77.4 Å². The third-order valence-corrected chi connectivity index (χ3v) is 6.51. The van der Waals surface area contributed by atoms with Crippen molar-refractivity contribution in [3.8, 4) is 0 Å². The summed E-state index contributed by atoms with van der Waals surface area (Å²) >= 11 is 0. The van der Waals surface area contributed by atoms with Crippen LogP contribution in [0.15, 0.2) is 60.7 Å². The minimum Gasteiger partial charge on any atom is -0.340 e. The molecule has 0 spiro atoms. The van der Waals surface area contributed by atoms with Crippen molar-refractivity contribution in [3.05, 3.63) is 71.8 Å². The molecule has 31 heavy (non-hydrogen) atoms. The van der Waals surface area contributed by atoms with Crippen LogP contribution in [0.5, 0.6) is 0 Å². The molecular weight excluding hydrogens is 380 g/mol. The molecule has 0 unspecified atom stereocenters. The summed E-state index contributed by atoms with van der Waals surface area (Å²) < 4.78 is 0. The maximum atomic E-state index is 12.7. The second-order valence-corrected chi connectivity index (χ2v) is 8.87. The predicted octanol–water partition coefficient (Wildman–Crippen LogP) is 6.45. The van der Waals surface area contributed by atoms with Crippen molar-refractivity contribution in [1.82, 2.24) is 9.80 Å². The van der Waals surface area contributed by atoms with Crippen molar-refractivity contribution < 1.29 is 4.79 Å². The summed E-state index contributed by atoms with van der Waals surface area (Å²) in [6.07, 6.45) is 11.0. The lowest BCUT2D eigenvalue weighted by Gasteiger charge is -2.40. The Morgan fingerprint density at radius 1 is 0.710 bits per heavy atom. The average Bonchev–Trinajstić information content (AvgIpc) is 2.83. The van der Waals surface area contributed by atoms with Crippen LogP contribution in [0.2, 0.25) is 0 Å². The molecule has 1 aliphatic heterocycles. The smallest absolute Gasteiger partial charge is 0.222 e. The van der Waals surface area contributed by atoms with Gasteiger partial charge >= 0.3 is 0 Å². The third-order valence-electron chi connectivity index (χ3n) is 6.51. The zero-order chi connectivity index (χ0) is 21.7. The molecular formula is C28H40N2O. The average molecular weight is 421 g/mol. The Hall–Kier alpha value is -2.13. The number of hydrogen-bond acceptors (Lipinski definition) is 2. The SMILES string of the molecule is CCCCCCCCCCC(=O)N1CCN(C(c2ccccc2)c2ccccc2)CC1. The van der Waals surface area contributed by atoms with Gasteiger partial charge in [0.1, 0.15) is 0 Å². The van der Waals surface area contributed by atoms with Gasteiger partial charge in [0.2, 0.25) is 5.91 Å². The number of amides is 1. The molecule has 3 rings (SSSR count). The van der Waals surface area contributed by atoms with Crippen molar-refractivity contribution in [1.29, 1.82) is 0 Å². The number of carbonyl (C=O) groups is 1. The monoisotopic (exact) mass is 420 g/mol. The van der Waals surface area contributed by atoms with Crippen LogP contribution in [0.25, 0.3) is 0 Å². The third kappa shape index (κ3) is 7.50. The molecule has 0 saturated carbocycles. The molecule has 1 saturated heterocycles. The largest absolute Gasteiger partial charge is 0.340 e. The van der Waals surface area contributed by atoms with Crippen LogP contribution in [0, 0.1) is 0 Å². The van der Waals surface area contributed by atoms with Crippen LogP contribution in [-0.2, 0) is 4.79 Å². The summed E-state index contributed by atoms with van der Waals surface area (Å²) in [6.45, 7) is 5.79. The Morgan fingerprint density at radius 3 is 1.71 bits per heavy atom. The van der Waals surface area contributed by atoms with Crippen LogP contribution in [-0.4, -0.2) is 41.9 Å². The lowest BCUT2D eigenvalue weighted by Crippen LogP contribution is -2.49. The molecule has 3 nitrogen and oxygen atoms in total. The molecule has 0 radical (unpaired) electrons. The standard InChI is InChI=1S/C28H40N2O/c1-2-3-4-5-6-7-8-15-20-27(31)29-21-23-30(24-22-29)28(25-16-11-9-12-17-25)26-18-13-10-14-19-26/h9-14,16-19,28H,2-8,15,20-24H2,1H3. The van der Waals surface area contributed by atoms with E-state index in [9.17, 15) is 4.79 Å². The van der Waals surface area contributed by atoms with Gasteiger partial charge in [-0.15, -0.1) is 0 Å². The maximum Gasteiger partial charge on any atom is 0.222 e. The lowest BCUT2D eigenvalue weighted by molar-refractivity contribution is -0.133. The van der Waals surface area contributed by atoms with Crippen molar-refractivity contribution in [2.75, 3.05) is 26.2 Å². The van der Waals surface area contributed by atoms with E-state index in [0.29, 0.717) is 5.91 Å². The lowest BCUT2D eigenvalue weighted by atomic mass is 9.96. The van der Waals surface area contributed by atoms with Crippen LogP contribution < -0.4 is 0 Å². The predicted molar refractivity (Wildman–Crippen MR) is 130 cm³/mol. The first-order valence-corrected chi connectivity index (χ1v) is 12.4. The van der Waals surface area contributed by atoms with E-state index in [4.69, 9.17) is 0 Å². The minimum atomic E-state index is 0.257. The summed E-state index contributed by atoms with van der Waals surface area (Å²) in [7, 11) is 0. The number of unbranched alkanes of at least 4 members (excludes halogenated alkanes) is 7. The number of benzene rings is 2. The summed E-state index contributed by atoms with van der Waals surface area (Å²) in [5.74, 6) is 0.349. The van der Waals surface area contributed by atoms with Gasteiger partial charge in [0, 0.05) is 32.6 Å². The van der Waals surface area contributed by atoms with E-state index in [1.165, 1.54) is 56.1 Å². The highest BCUT2D eigenvalue weighted by Crippen LogP contribution is 2.29. The Balaban J connectivity index is 1.45. The number of carbonyl (C=O) groups excluding carboxylic acids is 1. The molecule has 1 fully saturated rings. The normalized spacial score (nSPS) is 14.8. The van der Waals surface area contributed by atoms with E-state index in [1.807, 2.05) is 0 Å². The second-order valence-electron chi connectivity index (χ2n) is 8.87. The molecule has 0 atom stereocenters. The first-order valence-electron chi connectivity index (χ1n) is 12.4. The maximum absolute atomic E-state index is 12.7. The zero-order valence-corrected chi connectivity index (χ0v) is 19.3. The highest BCUT2D eigenvalue weighted by molar-refractivity contribution is 5.76. The van der Waals surface area contributed by atoms with Crippen molar-refractivity contribution in [2.24, 2.45) is 0 Å². The van der Waals surface area contributed by atoms with Crippen LogP contribution in [0.4, 0.5) is 0 Å².